The molecular weight excluding hydrogens is 440 g/mol. The fourth-order valence-electron chi connectivity index (χ4n) is 3.56. The zero-order valence-electron chi connectivity index (χ0n) is 17.0. The zero-order chi connectivity index (χ0) is 22.4. The van der Waals surface area contributed by atoms with Crippen LogP contribution in [0.5, 0.6) is 0 Å². The Hall–Kier alpha value is -1.12. The zero-order valence-corrected chi connectivity index (χ0v) is 18.7. The van der Waals surface area contributed by atoms with Crippen LogP contribution in [0.2, 0.25) is 0 Å². The highest BCUT2D eigenvalue weighted by Gasteiger charge is 2.67. The maximum atomic E-state index is 12.2. The minimum Gasteiger partial charge on any atom is -0.375 e. The standard InChI is InChI=1S/C18H26O10S2/c1-17(2)26-13-14(24-10-12-8-6-5-7-9-12)18(28-15(13)27-17,11-25-30(4,22)23)16(19)29(3,20)21/h5-9,13-16,19H,10-11H2,1-4H3/t13-,14+,15+,16?,18+/m1/s1. The summed E-state index contributed by atoms with van der Waals surface area (Å²) in [6, 6.07) is 9.02. The topological polar surface area (TPSA) is 135 Å². The predicted molar refractivity (Wildman–Crippen MR) is 104 cm³/mol. The summed E-state index contributed by atoms with van der Waals surface area (Å²) in [4.78, 5) is 0. The van der Waals surface area contributed by atoms with E-state index >= 15 is 0 Å². The molecular formula is C18H26O10S2. The molecule has 0 bridgehead atoms. The van der Waals surface area contributed by atoms with Gasteiger partial charge in [-0.05, 0) is 19.4 Å². The van der Waals surface area contributed by atoms with Crippen LogP contribution in [0.25, 0.3) is 0 Å². The third-order valence-electron chi connectivity index (χ3n) is 4.80. The van der Waals surface area contributed by atoms with E-state index < -0.39 is 61.9 Å². The van der Waals surface area contributed by atoms with Crippen LogP contribution in [0, 0.1) is 0 Å². The van der Waals surface area contributed by atoms with Crippen LogP contribution >= 0.6 is 0 Å². The van der Waals surface area contributed by atoms with Crippen molar-refractivity contribution < 1.29 is 45.1 Å². The van der Waals surface area contributed by atoms with Gasteiger partial charge in [0.25, 0.3) is 10.1 Å². The van der Waals surface area contributed by atoms with Gasteiger partial charge >= 0.3 is 0 Å². The molecule has 0 saturated carbocycles. The molecule has 30 heavy (non-hydrogen) atoms. The molecule has 5 atom stereocenters. The molecule has 2 fully saturated rings. The van der Waals surface area contributed by atoms with E-state index in [0.29, 0.717) is 0 Å². The summed E-state index contributed by atoms with van der Waals surface area (Å²) < 4.78 is 75.9. The highest BCUT2D eigenvalue weighted by molar-refractivity contribution is 7.91. The molecule has 1 aromatic carbocycles. The van der Waals surface area contributed by atoms with E-state index in [2.05, 4.69) is 0 Å². The van der Waals surface area contributed by atoms with Crippen molar-refractivity contribution in [1.29, 1.82) is 0 Å². The molecule has 1 N–H and O–H groups in total. The molecule has 0 aliphatic carbocycles. The van der Waals surface area contributed by atoms with Gasteiger partial charge < -0.3 is 24.1 Å². The second-order valence-corrected chi connectivity index (χ2v) is 11.7. The van der Waals surface area contributed by atoms with Crippen molar-refractivity contribution in [3.8, 4) is 0 Å². The van der Waals surface area contributed by atoms with E-state index in [1.165, 1.54) is 0 Å². The second kappa shape index (κ2) is 8.10. The summed E-state index contributed by atoms with van der Waals surface area (Å²) in [5, 5.41) is 10.7. The molecule has 2 saturated heterocycles. The molecule has 3 rings (SSSR count). The average molecular weight is 467 g/mol. The number of hydrogen-bond acceptors (Lipinski definition) is 10. The van der Waals surface area contributed by atoms with Crippen molar-refractivity contribution in [2.24, 2.45) is 0 Å². The Morgan fingerprint density at radius 2 is 1.70 bits per heavy atom. The van der Waals surface area contributed by atoms with Crippen molar-refractivity contribution >= 4 is 20.0 Å². The van der Waals surface area contributed by atoms with Crippen LogP contribution in [0.3, 0.4) is 0 Å². The first-order valence-electron chi connectivity index (χ1n) is 9.14. The summed E-state index contributed by atoms with van der Waals surface area (Å²) in [6.07, 6.45) is -1.63. The lowest BCUT2D eigenvalue weighted by atomic mass is 9.96. The number of sulfone groups is 1. The van der Waals surface area contributed by atoms with Crippen LogP contribution in [0.4, 0.5) is 0 Å². The lowest BCUT2D eigenvalue weighted by Crippen LogP contribution is -2.60. The fraction of sp³-hybridized carbons (Fsp3) is 0.667. The maximum Gasteiger partial charge on any atom is 0.264 e. The summed E-state index contributed by atoms with van der Waals surface area (Å²) in [5.41, 5.74) is -3.49. The number of rotatable bonds is 8. The van der Waals surface area contributed by atoms with Crippen molar-refractivity contribution in [3.05, 3.63) is 35.9 Å². The van der Waals surface area contributed by atoms with Crippen molar-refractivity contribution in [2.75, 3.05) is 19.1 Å². The normalized spacial score (nSPS) is 32.1. The molecule has 2 aliphatic rings. The van der Waals surface area contributed by atoms with Gasteiger partial charge in [-0.2, -0.15) is 8.42 Å². The van der Waals surface area contributed by atoms with Crippen molar-refractivity contribution in [3.63, 3.8) is 0 Å². The van der Waals surface area contributed by atoms with E-state index in [9.17, 15) is 21.9 Å². The number of benzene rings is 1. The molecule has 1 unspecified atom stereocenters. The van der Waals surface area contributed by atoms with Crippen LogP contribution in [-0.2, 0) is 49.7 Å². The first-order chi connectivity index (χ1) is 13.7. The van der Waals surface area contributed by atoms with Gasteiger partial charge in [-0.15, -0.1) is 0 Å². The predicted octanol–water partition coefficient (Wildman–Crippen LogP) is 0.158. The van der Waals surface area contributed by atoms with Crippen LogP contribution in [-0.4, -0.2) is 76.4 Å². The molecule has 2 heterocycles. The lowest BCUT2D eigenvalue weighted by molar-refractivity contribution is -0.261. The van der Waals surface area contributed by atoms with Crippen LogP contribution in [0.1, 0.15) is 19.4 Å². The third kappa shape index (κ3) is 5.02. The SMILES string of the molecule is CC1(C)O[C@H]2O[C@](COS(C)(=O)=O)(C(O)S(C)(=O)=O)[C@@H](OCc3ccccc3)[C@H]2O1. The lowest BCUT2D eigenvalue weighted by Gasteiger charge is -2.38. The van der Waals surface area contributed by atoms with Gasteiger partial charge in [0.2, 0.25) is 0 Å². The Bertz CT molecular complexity index is 960. The molecule has 0 spiro atoms. The third-order valence-corrected chi connectivity index (χ3v) is 6.55. The van der Waals surface area contributed by atoms with Gasteiger partial charge in [-0.25, -0.2) is 8.42 Å². The largest absolute Gasteiger partial charge is 0.375 e. The number of fused-ring (bicyclic) bond motifs is 1. The Morgan fingerprint density at radius 1 is 1.07 bits per heavy atom. The van der Waals surface area contributed by atoms with Gasteiger partial charge in [-0.3, -0.25) is 4.18 Å². The van der Waals surface area contributed by atoms with E-state index in [-0.39, 0.29) is 6.61 Å². The van der Waals surface area contributed by atoms with Gasteiger partial charge in [-0.1, -0.05) is 30.3 Å². The summed E-state index contributed by atoms with van der Waals surface area (Å²) >= 11 is 0. The minimum absolute atomic E-state index is 0.0268. The van der Waals surface area contributed by atoms with Crippen LogP contribution in [0.15, 0.2) is 30.3 Å². The number of aliphatic hydroxyl groups is 1. The molecule has 1 aromatic rings. The Morgan fingerprint density at radius 3 is 2.27 bits per heavy atom. The fourth-order valence-corrected chi connectivity index (χ4v) is 4.94. The van der Waals surface area contributed by atoms with E-state index in [4.69, 9.17) is 23.1 Å². The number of aliphatic hydroxyl groups excluding tert-OH is 1. The van der Waals surface area contributed by atoms with Gasteiger partial charge in [0, 0.05) is 6.26 Å². The Balaban J connectivity index is 1.99. The van der Waals surface area contributed by atoms with E-state index in [0.717, 1.165) is 18.1 Å². The van der Waals surface area contributed by atoms with Gasteiger partial charge in [0.1, 0.15) is 18.8 Å². The summed E-state index contributed by atoms with van der Waals surface area (Å²) in [5.74, 6) is -1.05. The Kier molecular flexibility index (Phi) is 6.35. The Labute approximate surface area is 176 Å². The van der Waals surface area contributed by atoms with E-state index in [1.807, 2.05) is 6.07 Å². The smallest absolute Gasteiger partial charge is 0.264 e. The van der Waals surface area contributed by atoms with Gasteiger partial charge in [0.05, 0.1) is 12.9 Å². The molecule has 12 heteroatoms. The summed E-state index contributed by atoms with van der Waals surface area (Å²) in [6.45, 7) is 2.51. The maximum absolute atomic E-state index is 12.2. The number of ether oxygens (including phenoxy) is 4. The number of hydrogen-bond donors (Lipinski definition) is 1. The average Bonchev–Trinajstić information content (AvgIpc) is 3.06. The highest BCUT2D eigenvalue weighted by atomic mass is 32.2. The van der Waals surface area contributed by atoms with Crippen molar-refractivity contribution in [1.82, 2.24) is 0 Å². The molecule has 170 valence electrons. The second-order valence-electron chi connectivity index (χ2n) is 7.91. The first-order valence-corrected chi connectivity index (χ1v) is 12.9. The van der Waals surface area contributed by atoms with Crippen molar-refractivity contribution in [2.45, 2.75) is 55.8 Å². The molecule has 0 amide bonds. The molecule has 0 aromatic heterocycles. The molecule has 0 radical (unpaired) electrons. The molecule has 2 aliphatic heterocycles. The first kappa shape index (κ1) is 23.5. The highest BCUT2D eigenvalue weighted by Crippen LogP contribution is 2.46. The quantitative estimate of drug-likeness (QED) is 0.528. The van der Waals surface area contributed by atoms with Gasteiger partial charge in [0.15, 0.2) is 33.0 Å². The van der Waals surface area contributed by atoms with E-state index in [1.54, 1.807) is 38.1 Å². The van der Waals surface area contributed by atoms with Crippen LogP contribution < -0.4 is 0 Å². The minimum atomic E-state index is -4.12. The molecule has 10 nitrogen and oxygen atoms in total. The summed E-state index contributed by atoms with van der Waals surface area (Å²) in [7, 11) is -8.11. The monoisotopic (exact) mass is 466 g/mol.